The zero-order chi connectivity index (χ0) is 22.9. The molecule has 0 atom stereocenters. The minimum Gasteiger partial charge on any atom is -0.475 e. The van der Waals surface area contributed by atoms with Gasteiger partial charge in [0.15, 0.2) is 11.6 Å². The number of carboxylic acid groups (broad SMARTS) is 1. The average molecular weight is 453 g/mol. The summed E-state index contributed by atoms with van der Waals surface area (Å²) >= 11 is 0. The summed E-state index contributed by atoms with van der Waals surface area (Å²) in [5.41, 5.74) is 9.23. The summed E-state index contributed by atoms with van der Waals surface area (Å²) in [6, 6.07) is 5.87. The highest BCUT2D eigenvalue weighted by Crippen LogP contribution is 2.41. The number of aryl methyl sites for hydroxylation is 1. The number of benzene rings is 1. The van der Waals surface area contributed by atoms with Crippen LogP contribution in [0.15, 0.2) is 24.4 Å². The SMILES string of the molecule is C.N#Cc1c(N)nc2c(c1-c1cccc(F)c1F)CCc1[nH]ncc1-2.O=C(O)C(F)(F)F. The second kappa shape index (κ2) is 9.01. The van der Waals surface area contributed by atoms with Crippen LogP contribution in [0.3, 0.4) is 0 Å². The van der Waals surface area contributed by atoms with E-state index in [1.165, 1.54) is 12.1 Å². The van der Waals surface area contributed by atoms with E-state index in [0.717, 1.165) is 17.3 Å². The Morgan fingerprint density at radius 1 is 1.22 bits per heavy atom. The molecule has 0 aliphatic heterocycles. The van der Waals surface area contributed by atoms with E-state index >= 15 is 0 Å². The van der Waals surface area contributed by atoms with Crippen molar-refractivity contribution in [3.8, 4) is 28.5 Å². The minimum atomic E-state index is -5.08. The van der Waals surface area contributed by atoms with E-state index in [0.29, 0.717) is 29.7 Å². The second-order valence-electron chi connectivity index (χ2n) is 6.35. The summed E-state index contributed by atoms with van der Waals surface area (Å²) in [5.74, 6) is -4.74. The van der Waals surface area contributed by atoms with Gasteiger partial charge in [0.05, 0.1) is 11.9 Å². The highest BCUT2D eigenvalue weighted by molar-refractivity contribution is 5.86. The predicted octanol–water partition coefficient (Wildman–Crippen LogP) is 4.24. The van der Waals surface area contributed by atoms with Crippen molar-refractivity contribution in [3.63, 3.8) is 0 Å². The monoisotopic (exact) mass is 453 g/mol. The number of H-pyrrole nitrogens is 1. The molecule has 0 saturated heterocycles. The molecule has 0 saturated carbocycles. The lowest BCUT2D eigenvalue weighted by Gasteiger charge is -2.21. The molecule has 1 aromatic carbocycles. The third-order valence-corrected chi connectivity index (χ3v) is 4.50. The van der Waals surface area contributed by atoms with Crippen LogP contribution >= 0.6 is 0 Å². The minimum absolute atomic E-state index is 0. The molecule has 0 unspecified atom stereocenters. The molecule has 4 N–H and O–H groups in total. The van der Waals surface area contributed by atoms with Gasteiger partial charge in [-0.2, -0.15) is 23.5 Å². The Bertz CT molecular complexity index is 1210. The van der Waals surface area contributed by atoms with Gasteiger partial charge in [0.2, 0.25) is 0 Å². The Balaban J connectivity index is 0.000000398. The molecular weight excluding hydrogens is 437 g/mol. The molecule has 2 aromatic heterocycles. The number of pyridine rings is 1. The smallest absolute Gasteiger partial charge is 0.475 e. The number of anilines is 1. The first kappa shape index (κ1) is 24.3. The number of rotatable bonds is 1. The van der Waals surface area contributed by atoms with E-state index in [-0.39, 0.29) is 24.4 Å². The standard InChI is InChI=1S/C17H11F2N5.C2HF3O2.CH4/c18-12-3-1-2-8(15(12)19)14-9-4-5-13-11(7-22-24-13)16(9)23-17(21)10(14)6-20;3-2(4,5)1(6)7;/h1-3,7H,4-5H2,(H2,21,23)(H,22,24);(H,6,7);1H4. The quantitative estimate of drug-likeness (QED) is 0.473. The van der Waals surface area contributed by atoms with Crippen molar-refractivity contribution in [2.75, 3.05) is 5.73 Å². The van der Waals surface area contributed by atoms with Crippen LogP contribution in [0.5, 0.6) is 0 Å². The maximum absolute atomic E-state index is 14.4. The van der Waals surface area contributed by atoms with Gasteiger partial charge in [-0.1, -0.05) is 19.6 Å². The second-order valence-corrected chi connectivity index (χ2v) is 6.35. The first-order valence-electron chi connectivity index (χ1n) is 8.55. The van der Waals surface area contributed by atoms with Crippen molar-refractivity contribution < 1.29 is 31.9 Å². The van der Waals surface area contributed by atoms with Crippen molar-refractivity contribution in [1.82, 2.24) is 15.2 Å². The lowest BCUT2D eigenvalue weighted by Crippen LogP contribution is -2.21. The van der Waals surface area contributed by atoms with Gasteiger partial charge in [0, 0.05) is 22.4 Å². The lowest BCUT2D eigenvalue weighted by atomic mass is 9.85. The molecule has 0 amide bonds. The number of aromatic nitrogens is 3. The number of aromatic amines is 1. The number of hydrogen-bond donors (Lipinski definition) is 3. The number of nitriles is 1. The van der Waals surface area contributed by atoms with E-state index in [9.17, 15) is 27.2 Å². The molecule has 4 rings (SSSR count). The molecule has 2 heterocycles. The van der Waals surface area contributed by atoms with Crippen molar-refractivity contribution in [2.24, 2.45) is 0 Å². The van der Waals surface area contributed by atoms with Crippen molar-refractivity contribution >= 4 is 11.8 Å². The Labute approximate surface area is 178 Å². The third kappa shape index (κ3) is 4.36. The Morgan fingerprint density at radius 3 is 2.47 bits per heavy atom. The molecule has 0 fully saturated rings. The summed E-state index contributed by atoms with van der Waals surface area (Å²) in [7, 11) is 0. The maximum atomic E-state index is 14.4. The molecule has 32 heavy (non-hydrogen) atoms. The average Bonchev–Trinajstić information content (AvgIpc) is 3.18. The molecular formula is C20H16F5N5O2. The van der Waals surface area contributed by atoms with E-state index in [1.807, 2.05) is 6.07 Å². The van der Waals surface area contributed by atoms with Crippen LogP contribution < -0.4 is 5.73 Å². The molecule has 0 spiro atoms. The number of nitrogens with zero attached hydrogens (tertiary/aromatic N) is 3. The number of nitrogens with two attached hydrogens (primary N) is 1. The largest absolute Gasteiger partial charge is 0.490 e. The summed E-state index contributed by atoms with van der Waals surface area (Å²) in [4.78, 5) is 13.2. The van der Waals surface area contributed by atoms with Crippen LogP contribution in [0.25, 0.3) is 22.4 Å². The van der Waals surface area contributed by atoms with E-state index in [1.54, 1.807) is 6.20 Å². The van der Waals surface area contributed by atoms with Crippen LogP contribution in [0.2, 0.25) is 0 Å². The highest BCUT2D eigenvalue weighted by Gasteiger charge is 2.38. The fraction of sp³-hybridized carbons (Fsp3) is 0.200. The molecule has 1 aliphatic carbocycles. The maximum Gasteiger partial charge on any atom is 0.490 e. The Kier molecular flexibility index (Phi) is 6.83. The Hall–Kier alpha value is -4.01. The fourth-order valence-electron chi connectivity index (χ4n) is 3.17. The number of fused-ring (bicyclic) bond motifs is 3. The molecule has 0 bridgehead atoms. The summed E-state index contributed by atoms with van der Waals surface area (Å²) in [5, 5.41) is 23.5. The van der Waals surface area contributed by atoms with E-state index in [4.69, 9.17) is 15.6 Å². The lowest BCUT2D eigenvalue weighted by molar-refractivity contribution is -0.192. The van der Waals surface area contributed by atoms with Gasteiger partial charge in [-0.25, -0.2) is 18.6 Å². The predicted molar refractivity (Wildman–Crippen MR) is 104 cm³/mol. The number of aliphatic carboxylic acids is 1. The number of nitrogen functional groups attached to an aromatic ring is 1. The van der Waals surface area contributed by atoms with Gasteiger partial charge in [-0.05, 0) is 24.5 Å². The summed E-state index contributed by atoms with van der Waals surface area (Å²) < 4.78 is 59.8. The number of halogens is 5. The van der Waals surface area contributed by atoms with Crippen LogP contribution in [-0.4, -0.2) is 32.4 Å². The van der Waals surface area contributed by atoms with Gasteiger partial charge in [-0.15, -0.1) is 0 Å². The number of hydrogen-bond acceptors (Lipinski definition) is 5. The first-order valence-corrected chi connectivity index (χ1v) is 8.55. The molecule has 3 aromatic rings. The molecule has 0 radical (unpaired) electrons. The number of carboxylic acids is 1. The van der Waals surface area contributed by atoms with Crippen molar-refractivity contribution in [3.05, 3.63) is 52.9 Å². The van der Waals surface area contributed by atoms with Gasteiger partial charge in [0.1, 0.15) is 17.5 Å². The fourth-order valence-corrected chi connectivity index (χ4v) is 3.17. The van der Waals surface area contributed by atoms with Crippen molar-refractivity contribution in [2.45, 2.75) is 26.4 Å². The van der Waals surface area contributed by atoms with Crippen LogP contribution in [-0.2, 0) is 17.6 Å². The van der Waals surface area contributed by atoms with Gasteiger partial charge < -0.3 is 10.8 Å². The van der Waals surface area contributed by atoms with Gasteiger partial charge in [-0.3, -0.25) is 5.10 Å². The number of carbonyl (C=O) groups is 1. The van der Waals surface area contributed by atoms with Crippen LogP contribution in [0, 0.1) is 23.0 Å². The summed E-state index contributed by atoms with van der Waals surface area (Å²) in [6.07, 6.45) is -2.29. The van der Waals surface area contributed by atoms with E-state index in [2.05, 4.69) is 15.2 Å². The zero-order valence-electron chi connectivity index (χ0n) is 15.4. The topological polar surface area (TPSA) is 129 Å². The molecule has 12 heteroatoms. The van der Waals surface area contributed by atoms with Crippen LogP contribution in [0.4, 0.5) is 27.8 Å². The Morgan fingerprint density at radius 2 is 1.88 bits per heavy atom. The molecule has 1 aliphatic rings. The highest BCUT2D eigenvalue weighted by atomic mass is 19.4. The summed E-state index contributed by atoms with van der Waals surface area (Å²) in [6.45, 7) is 0. The third-order valence-electron chi connectivity index (χ3n) is 4.50. The van der Waals surface area contributed by atoms with Crippen LogP contribution in [0.1, 0.15) is 24.2 Å². The van der Waals surface area contributed by atoms with Gasteiger partial charge >= 0.3 is 12.1 Å². The zero-order valence-corrected chi connectivity index (χ0v) is 15.4. The normalized spacial score (nSPS) is 11.8. The number of nitrogens with one attached hydrogen (secondary N) is 1. The first-order chi connectivity index (χ1) is 14.6. The van der Waals surface area contributed by atoms with E-state index < -0.39 is 23.8 Å². The molecule has 7 nitrogen and oxygen atoms in total. The van der Waals surface area contributed by atoms with Crippen molar-refractivity contribution in [1.29, 1.82) is 5.26 Å². The van der Waals surface area contributed by atoms with Gasteiger partial charge in [0.25, 0.3) is 0 Å². The number of alkyl halides is 3. The molecule has 168 valence electrons.